The van der Waals surface area contributed by atoms with Crippen LogP contribution in [0.5, 0.6) is 0 Å². The second-order valence-corrected chi connectivity index (χ2v) is 13.4. The summed E-state index contributed by atoms with van der Waals surface area (Å²) in [5, 5.41) is 3.65. The summed E-state index contributed by atoms with van der Waals surface area (Å²) in [6, 6.07) is 16.0. The summed E-state index contributed by atoms with van der Waals surface area (Å²) < 4.78 is 29.3. The highest BCUT2D eigenvalue weighted by Gasteiger charge is 2.34. The van der Waals surface area contributed by atoms with E-state index in [9.17, 15) is 18.0 Å². The third kappa shape index (κ3) is 8.27. The normalized spacial score (nSPS) is 12.9. The van der Waals surface area contributed by atoms with Crippen LogP contribution in [0.3, 0.4) is 0 Å². The Bertz CT molecular complexity index is 1510. The molecule has 0 aliphatic rings. The van der Waals surface area contributed by atoms with E-state index < -0.39 is 28.5 Å². The summed E-state index contributed by atoms with van der Waals surface area (Å²) in [6.45, 7) is 10.8. The van der Waals surface area contributed by atoms with Crippen LogP contribution in [0.1, 0.15) is 55.9 Å². The number of anilines is 1. The van der Waals surface area contributed by atoms with E-state index in [2.05, 4.69) is 5.32 Å². The van der Waals surface area contributed by atoms with Gasteiger partial charge in [0.15, 0.2) is 0 Å². The number of carbonyl (C=O) groups excluding carboxylic acids is 2. The molecule has 0 heterocycles. The summed E-state index contributed by atoms with van der Waals surface area (Å²) in [7, 11) is -4.15. The SMILES string of the molecule is CC[C@@H](C)NC(=O)[C@H](CC)N(Cc1ccc(Cl)c(Cl)c1)C(=O)CN(c1cc(C)cc(C)c1)S(=O)(=O)c1ccc(C)cc1. The fourth-order valence-corrected chi connectivity index (χ4v) is 6.37. The van der Waals surface area contributed by atoms with Crippen LogP contribution in [-0.4, -0.2) is 43.8 Å². The summed E-state index contributed by atoms with van der Waals surface area (Å²) in [6.07, 6.45) is 1.04. The first kappa shape index (κ1) is 33.4. The first-order chi connectivity index (χ1) is 19.8. The van der Waals surface area contributed by atoms with Crippen LogP contribution < -0.4 is 9.62 Å². The largest absolute Gasteiger partial charge is 0.352 e. The molecule has 10 heteroatoms. The minimum Gasteiger partial charge on any atom is -0.352 e. The van der Waals surface area contributed by atoms with Crippen molar-refractivity contribution in [2.75, 3.05) is 10.8 Å². The van der Waals surface area contributed by atoms with E-state index in [1.165, 1.54) is 17.0 Å². The van der Waals surface area contributed by atoms with Crippen LogP contribution in [0.2, 0.25) is 10.0 Å². The van der Waals surface area contributed by atoms with Gasteiger partial charge >= 0.3 is 0 Å². The van der Waals surface area contributed by atoms with Crippen molar-refractivity contribution in [1.82, 2.24) is 10.2 Å². The van der Waals surface area contributed by atoms with Crippen molar-refractivity contribution in [3.05, 3.63) is 93.0 Å². The zero-order valence-corrected chi connectivity index (χ0v) is 27.3. The summed E-state index contributed by atoms with van der Waals surface area (Å²) in [4.78, 5) is 29.1. The molecule has 3 aromatic carbocycles. The molecule has 0 aromatic heterocycles. The van der Waals surface area contributed by atoms with Crippen molar-refractivity contribution in [1.29, 1.82) is 0 Å². The quantitative estimate of drug-likeness (QED) is 0.237. The molecule has 0 unspecified atom stereocenters. The van der Waals surface area contributed by atoms with Crippen LogP contribution in [0.15, 0.2) is 65.6 Å². The van der Waals surface area contributed by atoms with Crippen LogP contribution in [0.25, 0.3) is 0 Å². The molecule has 3 rings (SSSR count). The van der Waals surface area contributed by atoms with Gasteiger partial charge in [0.25, 0.3) is 10.0 Å². The first-order valence-electron chi connectivity index (χ1n) is 14.0. The van der Waals surface area contributed by atoms with Gasteiger partial charge in [0.1, 0.15) is 12.6 Å². The third-order valence-corrected chi connectivity index (χ3v) is 9.63. The zero-order valence-electron chi connectivity index (χ0n) is 24.9. The second-order valence-electron chi connectivity index (χ2n) is 10.7. The highest BCUT2D eigenvalue weighted by molar-refractivity contribution is 7.92. The maximum absolute atomic E-state index is 14.2. The van der Waals surface area contributed by atoms with Gasteiger partial charge in [-0.3, -0.25) is 13.9 Å². The number of halogens is 2. The molecule has 0 spiro atoms. The molecule has 0 saturated heterocycles. The fraction of sp³-hybridized carbons (Fsp3) is 0.375. The molecule has 0 aliphatic carbocycles. The number of hydrogen-bond acceptors (Lipinski definition) is 4. The van der Waals surface area contributed by atoms with Crippen molar-refractivity contribution in [3.63, 3.8) is 0 Å². The van der Waals surface area contributed by atoms with Gasteiger partial charge in [-0.15, -0.1) is 0 Å². The van der Waals surface area contributed by atoms with E-state index in [1.54, 1.807) is 42.5 Å². The van der Waals surface area contributed by atoms with Crippen LogP contribution in [0, 0.1) is 20.8 Å². The number of carbonyl (C=O) groups is 2. The molecule has 226 valence electrons. The Kier molecular flexibility index (Phi) is 11.5. The number of amides is 2. The van der Waals surface area contributed by atoms with E-state index in [1.807, 2.05) is 47.6 Å². The van der Waals surface area contributed by atoms with Gasteiger partial charge < -0.3 is 10.2 Å². The van der Waals surface area contributed by atoms with E-state index in [-0.39, 0.29) is 23.4 Å². The number of aryl methyl sites for hydroxylation is 3. The molecule has 2 amide bonds. The van der Waals surface area contributed by atoms with Crippen LogP contribution in [0.4, 0.5) is 5.69 Å². The minimum absolute atomic E-state index is 0.0351. The second kappa shape index (κ2) is 14.4. The molecule has 0 fully saturated rings. The molecule has 2 atom stereocenters. The van der Waals surface area contributed by atoms with Gasteiger partial charge in [-0.2, -0.15) is 0 Å². The Labute approximate surface area is 259 Å². The summed E-state index contributed by atoms with van der Waals surface area (Å²) >= 11 is 12.4. The van der Waals surface area contributed by atoms with Gasteiger partial charge in [-0.1, -0.05) is 66.9 Å². The average Bonchev–Trinajstić information content (AvgIpc) is 2.92. The number of benzene rings is 3. The smallest absolute Gasteiger partial charge is 0.264 e. The highest BCUT2D eigenvalue weighted by atomic mass is 35.5. The van der Waals surface area contributed by atoms with E-state index in [0.29, 0.717) is 27.7 Å². The van der Waals surface area contributed by atoms with Gasteiger partial charge in [-0.05, 0) is 93.6 Å². The van der Waals surface area contributed by atoms with Gasteiger partial charge in [0.05, 0.1) is 20.6 Å². The predicted molar refractivity (Wildman–Crippen MR) is 171 cm³/mol. The maximum Gasteiger partial charge on any atom is 0.264 e. The maximum atomic E-state index is 14.2. The average molecular weight is 633 g/mol. The van der Waals surface area contributed by atoms with Gasteiger partial charge in [0, 0.05) is 12.6 Å². The number of rotatable bonds is 12. The number of hydrogen-bond donors (Lipinski definition) is 1. The molecule has 0 bridgehead atoms. The Hall–Kier alpha value is -3.07. The Morgan fingerprint density at radius 1 is 0.833 bits per heavy atom. The van der Waals surface area contributed by atoms with E-state index in [0.717, 1.165) is 27.4 Å². The molecule has 7 nitrogen and oxygen atoms in total. The monoisotopic (exact) mass is 631 g/mol. The predicted octanol–water partition coefficient (Wildman–Crippen LogP) is 6.84. The molecule has 0 aliphatic heterocycles. The molecule has 0 saturated carbocycles. The molecule has 0 radical (unpaired) electrons. The molecule has 42 heavy (non-hydrogen) atoms. The molecular formula is C32H39Cl2N3O4S. The zero-order chi connectivity index (χ0) is 31.2. The van der Waals surface area contributed by atoms with Gasteiger partial charge in [0.2, 0.25) is 11.8 Å². The van der Waals surface area contributed by atoms with Crippen LogP contribution in [-0.2, 0) is 26.2 Å². The van der Waals surface area contributed by atoms with E-state index >= 15 is 0 Å². The fourth-order valence-electron chi connectivity index (χ4n) is 4.66. The van der Waals surface area contributed by atoms with Crippen molar-refractivity contribution >= 4 is 50.7 Å². The lowest BCUT2D eigenvalue weighted by Crippen LogP contribution is -2.53. The number of nitrogens with one attached hydrogen (secondary N) is 1. The van der Waals surface area contributed by atoms with E-state index in [4.69, 9.17) is 23.2 Å². The molecule has 3 aromatic rings. The Morgan fingerprint density at radius 2 is 1.45 bits per heavy atom. The minimum atomic E-state index is -4.15. The molecular weight excluding hydrogens is 593 g/mol. The van der Waals surface area contributed by atoms with Crippen LogP contribution >= 0.6 is 23.2 Å². The highest BCUT2D eigenvalue weighted by Crippen LogP contribution is 2.28. The third-order valence-electron chi connectivity index (χ3n) is 7.11. The Morgan fingerprint density at radius 3 is 2.00 bits per heavy atom. The number of sulfonamides is 1. The van der Waals surface area contributed by atoms with Crippen molar-refractivity contribution in [2.24, 2.45) is 0 Å². The standard InChI is InChI=1S/C32H39Cl2N3O4S/c1-7-24(6)35-32(39)30(8-2)36(19-25-11-14-28(33)29(34)18-25)31(38)20-37(26-16-22(4)15-23(5)17-26)42(40,41)27-12-9-21(3)10-13-27/h9-18,24,30H,7-8,19-20H2,1-6H3,(H,35,39)/t24-,30+/m1/s1. The molecule has 1 N–H and O–H groups in total. The number of nitrogens with zero attached hydrogens (tertiary/aromatic N) is 2. The topological polar surface area (TPSA) is 86.8 Å². The van der Waals surface area contributed by atoms with Crippen molar-refractivity contribution < 1.29 is 18.0 Å². The van der Waals surface area contributed by atoms with Crippen molar-refractivity contribution in [2.45, 2.75) is 77.9 Å². The first-order valence-corrected chi connectivity index (χ1v) is 16.2. The van der Waals surface area contributed by atoms with Crippen molar-refractivity contribution in [3.8, 4) is 0 Å². The lowest BCUT2D eigenvalue weighted by atomic mass is 10.1. The lowest BCUT2D eigenvalue weighted by Gasteiger charge is -2.34. The summed E-state index contributed by atoms with van der Waals surface area (Å²) in [5.74, 6) is -0.832. The van der Waals surface area contributed by atoms with Gasteiger partial charge in [-0.25, -0.2) is 8.42 Å². The lowest BCUT2D eigenvalue weighted by molar-refractivity contribution is -0.140. The summed E-state index contributed by atoms with van der Waals surface area (Å²) in [5.41, 5.74) is 3.65. The Balaban J connectivity index is 2.11.